The molecule has 0 aromatic heterocycles. The van der Waals surface area contributed by atoms with Crippen LogP contribution in [0.2, 0.25) is 0 Å². The van der Waals surface area contributed by atoms with Gasteiger partial charge in [0, 0.05) is 0 Å². The molecule has 3 rings (SSSR count). The summed E-state index contributed by atoms with van der Waals surface area (Å²) in [4.78, 5) is 0. The Labute approximate surface area is 132 Å². The van der Waals surface area contributed by atoms with Gasteiger partial charge >= 0.3 is 50.9 Å². The summed E-state index contributed by atoms with van der Waals surface area (Å²) in [5, 5.41) is 2.74. The van der Waals surface area contributed by atoms with E-state index in [-0.39, 0.29) is 14.9 Å². The Kier molecular flexibility index (Phi) is 5.68. The van der Waals surface area contributed by atoms with Gasteiger partial charge in [-0.3, -0.25) is 0 Å². The van der Waals surface area contributed by atoms with Crippen molar-refractivity contribution in [1.82, 2.24) is 0 Å². The fourth-order valence-corrected chi connectivity index (χ4v) is 2.26. The summed E-state index contributed by atoms with van der Waals surface area (Å²) in [6.45, 7) is 2.20. The van der Waals surface area contributed by atoms with E-state index in [1.54, 1.807) is 0 Å². The Bertz CT molecular complexity index is 561. The standard InChI is InChI=1S/C14H12.2HI.Zr/c1-10-8-12-7-6-11-4-2-3-5-13(11)14(12)9-10;;;/h2-7,9H,8H2,1H3;2*1H;/q;;;+2/p-2. The quantitative estimate of drug-likeness (QED) is 0.395. The van der Waals surface area contributed by atoms with E-state index in [0.717, 1.165) is 6.42 Å². The van der Waals surface area contributed by atoms with Crippen LogP contribution in [0.1, 0.15) is 18.1 Å². The number of halogens is 2. The fourth-order valence-electron chi connectivity index (χ4n) is 2.26. The van der Waals surface area contributed by atoms with E-state index < -0.39 is 0 Å². The van der Waals surface area contributed by atoms with Crippen LogP contribution < -0.4 is 0 Å². The number of fused-ring (bicyclic) bond motifs is 3. The third kappa shape index (κ3) is 3.41. The minimum atomic E-state index is 0.170. The summed E-state index contributed by atoms with van der Waals surface area (Å²) < 4.78 is 0. The first kappa shape index (κ1) is 14.2. The number of hydrogen-bond donors (Lipinski definition) is 0. The van der Waals surface area contributed by atoms with Crippen molar-refractivity contribution in [2.24, 2.45) is 0 Å². The molecule has 0 spiro atoms. The Morgan fingerprint density at radius 2 is 1.76 bits per heavy atom. The molecule has 0 unspecified atom stereocenters. The molecule has 0 saturated carbocycles. The second-order valence-corrected chi connectivity index (χ2v) is 23.0. The zero-order valence-electron chi connectivity index (χ0n) is 9.50. The Morgan fingerprint density at radius 3 is 2.53 bits per heavy atom. The van der Waals surface area contributed by atoms with Crippen LogP contribution >= 0.6 is 36.1 Å². The van der Waals surface area contributed by atoms with E-state index in [4.69, 9.17) is 0 Å². The van der Waals surface area contributed by atoms with Crippen molar-refractivity contribution in [3.05, 3.63) is 53.1 Å². The molecular weight excluding hydrogens is 513 g/mol. The van der Waals surface area contributed by atoms with E-state index >= 15 is 0 Å². The van der Waals surface area contributed by atoms with Gasteiger partial charge < -0.3 is 0 Å². The van der Waals surface area contributed by atoms with Crippen molar-refractivity contribution in [3.63, 3.8) is 0 Å². The van der Waals surface area contributed by atoms with Gasteiger partial charge in [-0.1, -0.05) is 48.0 Å². The van der Waals surface area contributed by atoms with Crippen molar-refractivity contribution in [2.45, 2.75) is 13.3 Å². The van der Waals surface area contributed by atoms with E-state index in [1.165, 1.54) is 27.5 Å². The minimum absolute atomic E-state index is 0.170. The first-order valence-electron chi connectivity index (χ1n) is 5.40. The van der Waals surface area contributed by atoms with Gasteiger partial charge in [-0.2, -0.15) is 0 Å². The molecule has 0 fully saturated rings. The molecule has 0 atom stereocenters. The van der Waals surface area contributed by atoms with Gasteiger partial charge in [0.25, 0.3) is 0 Å². The first-order chi connectivity index (χ1) is 8.26. The summed E-state index contributed by atoms with van der Waals surface area (Å²) in [6, 6.07) is 13.1. The SMILES string of the molecule is CC1=Cc2c(ccc3ccccc23)C1.[I][Zr][I]. The van der Waals surface area contributed by atoms with Gasteiger partial charge in [-0.25, -0.2) is 0 Å². The molecule has 17 heavy (non-hydrogen) atoms. The second kappa shape index (κ2) is 6.81. The number of hydrogen-bond acceptors (Lipinski definition) is 0. The average Bonchev–Trinajstić information content (AvgIpc) is 2.71. The molecule has 2 aromatic carbocycles. The van der Waals surface area contributed by atoms with Gasteiger partial charge in [-0.05, 0) is 35.2 Å². The molecule has 0 bridgehead atoms. The predicted octanol–water partition coefficient (Wildman–Crippen LogP) is 5.57. The van der Waals surface area contributed by atoms with Crippen molar-refractivity contribution >= 4 is 52.9 Å². The molecule has 1 aliphatic carbocycles. The molecule has 86 valence electrons. The summed E-state index contributed by atoms with van der Waals surface area (Å²) in [5.41, 5.74) is 4.37. The molecule has 0 amide bonds. The summed E-state index contributed by atoms with van der Waals surface area (Å²) >= 11 is 5.06. The van der Waals surface area contributed by atoms with Crippen LogP contribution in [0.5, 0.6) is 0 Å². The van der Waals surface area contributed by atoms with E-state index in [1.807, 2.05) is 0 Å². The predicted molar refractivity (Wildman–Crippen MR) is 89.3 cm³/mol. The van der Waals surface area contributed by atoms with Crippen LogP contribution in [0.3, 0.4) is 0 Å². The summed E-state index contributed by atoms with van der Waals surface area (Å²) in [5.74, 6) is 0. The van der Waals surface area contributed by atoms with Crippen molar-refractivity contribution in [2.75, 3.05) is 0 Å². The Morgan fingerprint density at radius 1 is 1.06 bits per heavy atom. The van der Waals surface area contributed by atoms with Crippen molar-refractivity contribution in [1.29, 1.82) is 0 Å². The van der Waals surface area contributed by atoms with Crippen LogP contribution in [-0.4, -0.2) is 0 Å². The third-order valence-corrected chi connectivity index (χ3v) is 2.92. The van der Waals surface area contributed by atoms with Crippen molar-refractivity contribution < 1.29 is 14.9 Å². The first-order valence-corrected chi connectivity index (χ1v) is 20.0. The van der Waals surface area contributed by atoms with Crippen LogP contribution in [-0.2, 0) is 21.3 Å². The summed E-state index contributed by atoms with van der Waals surface area (Å²) in [6.07, 6.45) is 3.44. The average molecular weight is 525 g/mol. The molecule has 0 saturated heterocycles. The van der Waals surface area contributed by atoms with E-state index in [2.05, 4.69) is 85.5 Å². The second-order valence-electron chi connectivity index (χ2n) is 4.10. The molecule has 0 radical (unpaired) electrons. The van der Waals surface area contributed by atoms with Crippen LogP contribution in [0.4, 0.5) is 0 Å². The molecule has 0 N–H and O–H groups in total. The number of rotatable bonds is 0. The van der Waals surface area contributed by atoms with Gasteiger partial charge in [0.1, 0.15) is 0 Å². The molecular formula is C14H12I2Zr. The van der Waals surface area contributed by atoms with Crippen LogP contribution in [0.25, 0.3) is 16.8 Å². The molecule has 0 nitrogen and oxygen atoms in total. The number of benzene rings is 2. The molecule has 0 heterocycles. The zero-order valence-corrected chi connectivity index (χ0v) is 16.3. The molecule has 0 aliphatic heterocycles. The Balaban J connectivity index is 0.000000329. The van der Waals surface area contributed by atoms with Crippen LogP contribution in [0, 0.1) is 0 Å². The van der Waals surface area contributed by atoms with E-state index in [0.29, 0.717) is 0 Å². The van der Waals surface area contributed by atoms with Gasteiger partial charge in [0.05, 0.1) is 0 Å². The fraction of sp³-hybridized carbons (Fsp3) is 0.143. The number of allylic oxidation sites excluding steroid dienone is 1. The van der Waals surface area contributed by atoms with Crippen LogP contribution in [0.15, 0.2) is 42.0 Å². The molecule has 1 aliphatic rings. The maximum absolute atomic E-state index is 2.45. The normalized spacial score (nSPS) is 12.5. The Hall–Kier alpha value is 0.783. The molecule has 2 aromatic rings. The van der Waals surface area contributed by atoms with E-state index in [9.17, 15) is 0 Å². The van der Waals surface area contributed by atoms with Gasteiger partial charge in [-0.15, -0.1) is 0 Å². The van der Waals surface area contributed by atoms with Gasteiger partial charge in [0.2, 0.25) is 0 Å². The molecule has 3 heteroatoms. The topological polar surface area (TPSA) is 0 Å². The third-order valence-electron chi connectivity index (χ3n) is 2.92. The summed E-state index contributed by atoms with van der Waals surface area (Å²) in [7, 11) is 0. The van der Waals surface area contributed by atoms with Gasteiger partial charge in [0.15, 0.2) is 0 Å². The monoisotopic (exact) mass is 524 g/mol. The maximum atomic E-state index is 2.45. The zero-order chi connectivity index (χ0) is 12.3. The van der Waals surface area contributed by atoms with Crippen molar-refractivity contribution in [3.8, 4) is 0 Å².